The van der Waals surface area contributed by atoms with Crippen LogP contribution in [0, 0.1) is 17.7 Å². The summed E-state index contributed by atoms with van der Waals surface area (Å²) in [6, 6.07) is 4.84. The lowest BCUT2D eigenvalue weighted by Crippen LogP contribution is -2.22. The molecule has 1 aromatic rings. The zero-order valence-corrected chi connectivity index (χ0v) is 11.8. The molecule has 0 heterocycles. The Labute approximate surface area is 111 Å². The van der Waals surface area contributed by atoms with Crippen LogP contribution in [0.1, 0.15) is 38.3 Å². The molecular weight excluding hydrogens is 281 g/mol. The largest absolute Gasteiger partial charge is 0.309 e. The van der Waals surface area contributed by atoms with E-state index in [0.29, 0.717) is 6.42 Å². The Morgan fingerprint density at radius 3 is 2.88 bits per heavy atom. The topological polar surface area (TPSA) is 12.0 Å². The average molecular weight is 298 g/mol. The van der Waals surface area contributed by atoms with Gasteiger partial charge in [0.05, 0.1) is 0 Å². The Balaban J connectivity index is 2.92. The maximum absolute atomic E-state index is 13.3. The van der Waals surface area contributed by atoms with Crippen LogP contribution < -0.4 is 5.32 Å². The molecule has 0 fully saturated rings. The van der Waals surface area contributed by atoms with Gasteiger partial charge in [0.25, 0.3) is 0 Å². The molecule has 0 aliphatic carbocycles. The fraction of sp³-hybridized carbons (Fsp3) is 0.429. The molecule has 0 radical (unpaired) electrons. The van der Waals surface area contributed by atoms with Gasteiger partial charge in [0.1, 0.15) is 5.82 Å². The standard InChI is InChI=1S/C14H17BrFN/c1-3-5-6-14(17-9-4-2)12-10-11(16)7-8-13(12)15/h7-8,10,14,17H,4,6,9H2,1-2H3. The van der Waals surface area contributed by atoms with E-state index < -0.39 is 0 Å². The van der Waals surface area contributed by atoms with Crippen LogP contribution >= 0.6 is 15.9 Å². The van der Waals surface area contributed by atoms with Gasteiger partial charge in [0, 0.05) is 16.9 Å². The maximum Gasteiger partial charge on any atom is 0.123 e. The Morgan fingerprint density at radius 2 is 2.24 bits per heavy atom. The van der Waals surface area contributed by atoms with Crippen LogP contribution in [0.5, 0.6) is 0 Å². The predicted molar refractivity (Wildman–Crippen MR) is 73.2 cm³/mol. The van der Waals surface area contributed by atoms with Gasteiger partial charge in [0.15, 0.2) is 0 Å². The number of nitrogens with one attached hydrogen (secondary N) is 1. The smallest absolute Gasteiger partial charge is 0.123 e. The average Bonchev–Trinajstić information content (AvgIpc) is 2.33. The molecule has 0 aromatic heterocycles. The van der Waals surface area contributed by atoms with Crippen molar-refractivity contribution in [3.8, 4) is 11.8 Å². The quantitative estimate of drug-likeness (QED) is 0.809. The summed E-state index contributed by atoms with van der Waals surface area (Å²) >= 11 is 3.46. The van der Waals surface area contributed by atoms with Crippen LogP contribution in [0.25, 0.3) is 0 Å². The second kappa shape index (κ2) is 7.47. The van der Waals surface area contributed by atoms with Crippen molar-refractivity contribution in [1.82, 2.24) is 5.32 Å². The molecule has 1 nitrogen and oxygen atoms in total. The number of hydrogen-bond acceptors (Lipinski definition) is 1. The zero-order valence-electron chi connectivity index (χ0n) is 10.2. The van der Waals surface area contributed by atoms with Crippen LogP contribution in [0.15, 0.2) is 22.7 Å². The van der Waals surface area contributed by atoms with Crippen molar-refractivity contribution in [3.63, 3.8) is 0 Å². The highest BCUT2D eigenvalue weighted by Crippen LogP contribution is 2.26. The molecule has 0 spiro atoms. The zero-order chi connectivity index (χ0) is 12.7. The molecule has 0 aliphatic heterocycles. The van der Waals surface area contributed by atoms with E-state index in [2.05, 4.69) is 40.0 Å². The minimum absolute atomic E-state index is 0.0764. The van der Waals surface area contributed by atoms with E-state index in [9.17, 15) is 4.39 Å². The molecule has 0 saturated heterocycles. The van der Waals surface area contributed by atoms with Crippen LogP contribution in [-0.2, 0) is 0 Å². The molecule has 0 aliphatic rings. The van der Waals surface area contributed by atoms with Gasteiger partial charge in [-0.1, -0.05) is 22.9 Å². The third kappa shape index (κ3) is 4.49. The van der Waals surface area contributed by atoms with Crippen LogP contribution in [-0.4, -0.2) is 6.54 Å². The molecule has 1 N–H and O–H groups in total. The molecule has 92 valence electrons. The van der Waals surface area contributed by atoms with Gasteiger partial charge in [-0.15, -0.1) is 11.8 Å². The summed E-state index contributed by atoms with van der Waals surface area (Å²) in [7, 11) is 0. The van der Waals surface area contributed by atoms with Gasteiger partial charge < -0.3 is 5.32 Å². The molecule has 0 bridgehead atoms. The number of hydrogen-bond donors (Lipinski definition) is 1. The fourth-order valence-corrected chi connectivity index (χ4v) is 2.12. The van der Waals surface area contributed by atoms with Gasteiger partial charge in [-0.2, -0.15) is 0 Å². The highest BCUT2D eigenvalue weighted by molar-refractivity contribution is 9.10. The first-order valence-electron chi connectivity index (χ1n) is 5.77. The van der Waals surface area contributed by atoms with Crippen molar-refractivity contribution in [2.75, 3.05) is 6.54 Å². The monoisotopic (exact) mass is 297 g/mol. The predicted octanol–water partition coefficient (Wildman–Crippen LogP) is 4.04. The first-order chi connectivity index (χ1) is 8.19. The van der Waals surface area contributed by atoms with E-state index in [1.807, 2.05) is 6.92 Å². The van der Waals surface area contributed by atoms with Crippen LogP contribution in [0.2, 0.25) is 0 Å². The fourth-order valence-electron chi connectivity index (χ4n) is 1.60. The summed E-state index contributed by atoms with van der Waals surface area (Å²) in [6.07, 6.45) is 1.74. The van der Waals surface area contributed by atoms with Crippen molar-refractivity contribution in [2.45, 2.75) is 32.7 Å². The molecule has 17 heavy (non-hydrogen) atoms. The van der Waals surface area contributed by atoms with E-state index in [1.165, 1.54) is 6.07 Å². The number of benzene rings is 1. The summed E-state index contributed by atoms with van der Waals surface area (Å²) in [6.45, 7) is 4.83. The lowest BCUT2D eigenvalue weighted by Gasteiger charge is -2.18. The first-order valence-corrected chi connectivity index (χ1v) is 6.56. The summed E-state index contributed by atoms with van der Waals surface area (Å²) in [5.41, 5.74) is 0.932. The Bertz CT molecular complexity index is 420. The lowest BCUT2D eigenvalue weighted by atomic mass is 10.0. The summed E-state index contributed by atoms with van der Waals surface area (Å²) in [4.78, 5) is 0. The van der Waals surface area contributed by atoms with E-state index >= 15 is 0 Å². The van der Waals surface area contributed by atoms with Gasteiger partial charge in [-0.25, -0.2) is 4.39 Å². The highest BCUT2D eigenvalue weighted by atomic mass is 79.9. The van der Waals surface area contributed by atoms with E-state index in [0.717, 1.165) is 23.0 Å². The SMILES string of the molecule is CC#CCC(NCCC)c1cc(F)ccc1Br. The molecular formula is C14H17BrFN. The third-order valence-electron chi connectivity index (χ3n) is 2.46. The first kappa shape index (κ1) is 14.2. The third-order valence-corrected chi connectivity index (χ3v) is 3.18. The minimum atomic E-state index is -0.212. The molecule has 0 amide bonds. The Morgan fingerprint density at radius 1 is 1.47 bits per heavy atom. The molecule has 1 atom stereocenters. The van der Waals surface area contributed by atoms with Crippen molar-refractivity contribution < 1.29 is 4.39 Å². The van der Waals surface area contributed by atoms with Crippen molar-refractivity contribution in [1.29, 1.82) is 0 Å². The lowest BCUT2D eigenvalue weighted by molar-refractivity contribution is 0.534. The number of halogens is 2. The summed E-state index contributed by atoms with van der Waals surface area (Å²) in [5.74, 6) is 5.71. The van der Waals surface area contributed by atoms with Crippen molar-refractivity contribution in [3.05, 3.63) is 34.1 Å². The Kier molecular flexibility index (Phi) is 6.25. The summed E-state index contributed by atoms with van der Waals surface area (Å²) < 4.78 is 14.2. The number of rotatable bonds is 5. The normalized spacial score (nSPS) is 11.8. The molecule has 1 aromatic carbocycles. The van der Waals surface area contributed by atoms with E-state index in [-0.39, 0.29) is 11.9 Å². The van der Waals surface area contributed by atoms with Crippen molar-refractivity contribution in [2.24, 2.45) is 0 Å². The van der Waals surface area contributed by atoms with E-state index in [1.54, 1.807) is 12.1 Å². The van der Waals surface area contributed by atoms with Crippen molar-refractivity contribution >= 4 is 15.9 Å². The van der Waals surface area contributed by atoms with Gasteiger partial charge in [-0.05, 0) is 43.7 Å². The highest BCUT2D eigenvalue weighted by Gasteiger charge is 2.13. The van der Waals surface area contributed by atoms with Gasteiger partial charge in [-0.3, -0.25) is 0 Å². The molecule has 3 heteroatoms. The minimum Gasteiger partial charge on any atom is -0.309 e. The molecule has 0 saturated carbocycles. The summed E-state index contributed by atoms with van der Waals surface area (Å²) in [5, 5.41) is 3.39. The second-order valence-corrected chi connectivity index (χ2v) is 4.66. The molecule has 1 unspecified atom stereocenters. The van der Waals surface area contributed by atoms with E-state index in [4.69, 9.17) is 0 Å². The second-order valence-electron chi connectivity index (χ2n) is 3.80. The van der Waals surface area contributed by atoms with Gasteiger partial charge >= 0.3 is 0 Å². The van der Waals surface area contributed by atoms with Crippen LogP contribution in [0.3, 0.4) is 0 Å². The van der Waals surface area contributed by atoms with Crippen LogP contribution in [0.4, 0.5) is 4.39 Å². The van der Waals surface area contributed by atoms with Gasteiger partial charge in [0.2, 0.25) is 0 Å². The molecule has 1 rings (SSSR count). The maximum atomic E-state index is 13.3. The Hall–Kier alpha value is -0.850.